The van der Waals surface area contributed by atoms with Gasteiger partial charge in [0.05, 0.1) is 0 Å². The summed E-state index contributed by atoms with van der Waals surface area (Å²) < 4.78 is 0. The molecule has 0 amide bonds. The minimum Gasteiger partial charge on any atom is -1.00 e. The van der Waals surface area contributed by atoms with Crippen molar-refractivity contribution in [2.75, 3.05) is 0 Å². The summed E-state index contributed by atoms with van der Waals surface area (Å²) in [5.74, 6) is 0. The molecular weight excluding hydrogens is 665 g/mol. The Hall–Kier alpha value is -0.794. The van der Waals surface area contributed by atoms with E-state index in [2.05, 4.69) is 163 Å². The SMILES string of the molecule is CC(C)(C)P(c1ccccc1)c1ccccc1.CC(C)(C)P(c1ccccc1)c1ccccc1.[Br-].[Br-].[Co+2]. The van der Waals surface area contributed by atoms with E-state index in [9.17, 15) is 0 Å². The molecule has 0 heterocycles. The van der Waals surface area contributed by atoms with Gasteiger partial charge in [0.1, 0.15) is 0 Å². The monoisotopic (exact) mass is 701 g/mol. The van der Waals surface area contributed by atoms with Crippen LogP contribution in [0.15, 0.2) is 121 Å². The number of halogens is 2. The predicted molar refractivity (Wildman–Crippen MR) is 158 cm³/mol. The Balaban J connectivity index is 0.000000648. The average molecular weight is 703 g/mol. The standard InChI is InChI=1S/2C16H19P.2BrH.Co/c2*1-16(2,3)17(14-10-6-4-7-11-14)15-12-8-5-9-13-15;;;/h2*4-13H,1-3H3;2*1H;/q;;;;+2/p-2. The molecule has 199 valence electrons. The molecule has 0 saturated heterocycles. The quantitative estimate of drug-likeness (QED) is 0.285. The van der Waals surface area contributed by atoms with Crippen molar-refractivity contribution < 1.29 is 50.7 Å². The Kier molecular flexibility index (Phi) is 16.6. The predicted octanol–water partition coefficient (Wildman–Crippen LogP) is 1.84. The Bertz CT molecular complexity index is 940. The molecule has 0 fully saturated rings. The van der Waals surface area contributed by atoms with Gasteiger partial charge in [-0.1, -0.05) is 163 Å². The number of benzene rings is 4. The van der Waals surface area contributed by atoms with Crippen molar-refractivity contribution in [1.29, 1.82) is 0 Å². The smallest absolute Gasteiger partial charge is 1.00 e. The molecule has 0 spiro atoms. The molecule has 0 N–H and O–H groups in total. The Morgan fingerprint density at radius 3 is 0.649 bits per heavy atom. The summed E-state index contributed by atoms with van der Waals surface area (Å²) in [6, 6.07) is 43.5. The van der Waals surface area contributed by atoms with Gasteiger partial charge in [0.15, 0.2) is 0 Å². The minimum atomic E-state index is -0.292. The van der Waals surface area contributed by atoms with Gasteiger partial charge in [-0.25, -0.2) is 0 Å². The molecule has 0 aliphatic heterocycles. The molecule has 0 aromatic heterocycles. The Morgan fingerprint density at radius 1 is 0.351 bits per heavy atom. The first kappa shape index (κ1) is 36.2. The van der Waals surface area contributed by atoms with Crippen LogP contribution in [0.5, 0.6) is 0 Å². The summed E-state index contributed by atoms with van der Waals surface area (Å²) in [5.41, 5.74) is 0. The van der Waals surface area contributed by atoms with Crippen molar-refractivity contribution >= 4 is 37.1 Å². The minimum absolute atomic E-state index is 0. The van der Waals surface area contributed by atoms with Gasteiger partial charge in [-0.15, -0.1) is 0 Å². The van der Waals surface area contributed by atoms with Crippen LogP contribution in [0.4, 0.5) is 0 Å². The van der Waals surface area contributed by atoms with Crippen LogP contribution in [0.1, 0.15) is 41.5 Å². The summed E-state index contributed by atoms with van der Waals surface area (Å²) in [6.07, 6.45) is 0. The van der Waals surface area contributed by atoms with Gasteiger partial charge >= 0.3 is 16.8 Å². The number of hydrogen-bond acceptors (Lipinski definition) is 0. The normalized spacial score (nSPS) is 10.8. The Morgan fingerprint density at radius 2 is 0.514 bits per heavy atom. The van der Waals surface area contributed by atoms with Gasteiger partial charge < -0.3 is 34.0 Å². The molecule has 0 saturated carbocycles. The molecule has 37 heavy (non-hydrogen) atoms. The van der Waals surface area contributed by atoms with Crippen molar-refractivity contribution in [1.82, 2.24) is 0 Å². The first-order valence-corrected chi connectivity index (χ1v) is 14.7. The zero-order chi connectivity index (χ0) is 24.6. The summed E-state index contributed by atoms with van der Waals surface area (Å²) in [5, 5.41) is 6.42. The van der Waals surface area contributed by atoms with Gasteiger partial charge in [0, 0.05) is 0 Å². The molecule has 4 aromatic rings. The molecule has 4 aromatic carbocycles. The molecule has 0 aliphatic rings. The summed E-state index contributed by atoms with van der Waals surface area (Å²) >= 11 is 0. The van der Waals surface area contributed by atoms with Gasteiger partial charge in [-0.3, -0.25) is 0 Å². The molecule has 0 bridgehead atoms. The summed E-state index contributed by atoms with van der Waals surface area (Å²) in [4.78, 5) is 0. The van der Waals surface area contributed by atoms with Crippen molar-refractivity contribution in [3.8, 4) is 0 Å². The second kappa shape index (κ2) is 17.0. The molecule has 0 atom stereocenters. The van der Waals surface area contributed by atoms with Gasteiger partial charge in [0.25, 0.3) is 0 Å². The molecule has 4 rings (SSSR count). The van der Waals surface area contributed by atoms with Crippen LogP contribution in [0.2, 0.25) is 0 Å². The van der Waals surface area contributed by atoms with E-state index < -0.39 is 0 Å². The third-order valence-corrected chi connectivity index (χ3v) is 11.3. The zero-order valence-corrected chi connectivity index (χ0v) is 28.5. The first-order chi connectivity index (χ1) is 16.2. The number of hydrogen-bond donors (Lipinski definition) is 0. The van der Waals surface area contributed by atoms with Crippen LogP contribution in [-0.4, -0.2) is 10.3 Å². The molecule has 0 unspecified atom stereocenters. The van der Waals surface area contributed by atoms with Crippen molar-refractivity contribution in [2.24, 2.45) is 0 Å². The maximum Gasteiger partial charge on any atom is 2.00 e. The molecule has 0 aliphatic carbocycles. The summed E-state index contributed by atoms with van der Waals surface area (Å²) in [7, 11) is -0.584. The molecule has 5 heteroatoms. The van der Waals surface area contributed by atoms with Crippen molar-refractivity contribution in [3.63, 3.8) is 0 Å². The van der Waals surface area contributed by atoms with E-state index in [1.165, 1.54) is 21.2 Å². The van der Waals surface area contributed by atoms with E-state index >= 15 is 0 Å². The second-order valence-electron chi connectivity index (χ2n) is 10.4. The van der Waals surface area contributed by atoms with Gasteiger partial charge in [-0.05, 0) is 47.4 Å². The number of rotatable bonds is 4. The second-order valence-corrected chi connectivity index (χ2v) is 16.4. The fourth-order valence-corrected chi connectivity index (χ4v) is 9.73. The molecule has 0 nitrogen and oxygen atoms in total. The maximum atomic E-state index is 2.33. The van der Waals surface area contributed by atoms with Gasteiger partial charge in [0.2, 0.25) is 0 Å². The zero-order valence-electron chi connectivity index (χ0n) is 22.5. The third kappa shape index (κ3) is 11.1. The molecule has 1 radical (unpaired) electrons. The summed E-state index contributed by atoms with van der Waals surface area (Å²) in [6.45, 7) is 14.0. The fourth-order valence-electron chi connectivity index (χ4n) is 4.16. The topological polar surface area (TPSA) is 0 Å². The van der Waals surface area contributed by atoms with Crippen LogP contribution in [0.3, 0.4) is 0 Å². The van der Waals surface area contributed by atoms with Crippen LogP contribution >= 0.6 is 15.8 Å². The first-order valence-electron chi connectivity index (χ1n) is 12.0. The van der Waals surface area contributed by atoms with Crippen LogP contribution in [0.25, 0.3) is 0 Å². The van der Waals surface area contributed by atoms with Crippen LogP contribution in [-0.2, 0) is 16.8 Å². The van der Waals surface area contributed by atoms with E-state index in [0.29, 0.717) is 0 Å². The maximum absolute atomic E-state index is 2.33. The third-order valence-electron chi connectivity index (χ3n) is 5.40. The van der Waals surface area contributed by atoms with Crippen LogP contribution in [0, 0.1) is 0 Å². The molecular formula is C32H38Br2CoP2. The van der Waals surface area contributed by atoms with Crippen molar-refractivity contribution in [3.05, 3.63) is 121 Å². The fraction of sp³-hybridized carbons (Fsp3) is 0.250. The average Bonchev–Trinajstić information content (AvgIpc) is 2.81. The van der Waals surface area contributed by atoms with Gasteiger partial charge in [-0.2, -0.15) is 0 Å². The van der Waals surface area contributed by atoms with E-state index in [0.717, 1.165) is 0 Å². The largest absolute Gasteiger partial charge is 2.00 e. The van der Waals surface area contributed by atoms with Crippen molar-refractivity contribution in [2.45, 2.75) is 51.9 Å². The van der Waals surface area contributed by atoms with E-state index in [1.54, 1.807) is 0 Å². The van der Waals surface area contributed by atoms with E-state index in [-0.39, 0.29) is 76.9 Å². The van der Waals surface area contributed by atoms with E-state index in [4.69, 9.17) is 0 Å². The Labute approximate surface area is 259 Å². The van der Waals surface area contributed by atoms with E-state index in [1.807, 2.05) is 0 Å². The van der Waals surface area contributed by atoms with Crippen LogP contribution < -0.4 is 55.2 Å².